The van der Waals surface area contributed by atoms with Crippen LogP contribution in [0.4, 0.5) is 0 Å². The number of likely N-dealkylation sites (N-methyl/N-ethyl adjacent to an activating group) is 1. The molecule has 0 fully saturated rings. The van der Waals surface area contributed by atoms with E-state index in [2.05, 4.69) is 10.1 Å². The summed E-state index contributed by atoms with van der Waals surface area (Å²) in [6, 6.07) is 7.30. The summed E-state index contributed by atoms with van der Waals surface area (Å²) >= 11 is 5.80. The average molecular weight is 313 g/mol. The van der Waals surface area contributed by atoms with Gasteiger partial charge in [-0.1, -0.05) is 30.7 Å². The molecule has 1 aromatic carbocycles. The van der Waals surface area contributed by atoms with Gasteiger partial charge in [0.15, 0.2) is 0 Å². The fourth-order valence-corrected chi connectivity index (χ4v) is 2.04. The minimum Gasteiger partial charge on any atom is -0.469 e. The molecule has 0 saturated heterocycles. The standard InChI is InChI=1S/C15H21ClN2O3/c1-11(15(20)21-3)9-18(2)10-14(19)17-8-12-4-6-13(16)7-5-12/h4-7,11H,8-10H2,1-3H3,(H,17,19). The molecule has 0 saturated carbocycles. The highest BCUT2D eigenvalue weighted by molar-refractivity contribution is 6.30. The maximum atomic E-state index is 11.8. The van der Waals surface area contributed by atoms with Gasteiger partial charge in [-0.3, -0.25) is 14.5 Å². The molecule has 0 spiro atoms. The predicted octanol–water partition coefficient (Wildman–Crippen LogP) is 1.70. The molecule has 0 heterocycles. The van der Waals surface area contributed by atoms with Crippen molar-refractivity contribution in [1.29, 1.82) is 0 Å². The highest BCUT2D eigenvalue weighted by Gasteiger charge is 2.16. The Balaban J connectivity index is 2.32. The number of hydrogen-bond acceptors (Lipinski definition) is 4. The summed E-state index contributed by atoms with van der Waals surface area (Å²) < 4.78 is 4.66. The topological polar surface area (TPSA) is 58.6 Å². The first-order valence-corrected chi connectivity index (χ1v) is 7.07. The smallest absolute Gasteiger partial charge is 0.309 e. The summed E-state index contributed by atoms with van der Waals surface area (Å²) in [7, 11) is 3.15. The Morgan fingerprint density at radius 3 is 2.52 bits per heavy atom. The van der Waals surface area contributed by atoms with Crippen LogP contribution in [-0.2, 0) is 20.9 Å². The van der Waals surface area contributed by atoms with Gasteiger partial charge < -0.3 is 10.1 Å². The van der Waals surface area contributed by atoms with E-state index < -0.39 is 0 Å². The predicted molar refractivity (Wildman–Crippen MR) is 82.0 cm³/mol. The van der Waals surface area contributed by atoms with Crippen LogP contribution in [0.3, 0.4) is 0 Å². The zero-order chi connectivity index (χ0) is 15.8. The molecule has 0 bridgehead atoms. The van der Waals surface area contributed by atoms with Crippen molar-refractivity contribution < 1.29 is 14.3 Å². The number of amides is 1. The zero-order valence-corrected chi connectivity index (χ0v) is 13.3. The van der Waals surface area contributed by atoms with E-state index in [-0.39, 0.29) is 24.3 Å². The molecule has 0 aliphatic heterocycles. The zero-order valence-electron chi connectivity index (χ0n) is 12.6. The molecule has 0 radical (unpaired) electrons. The lowest BCUT2D eigenvalue weighted by Gasteiger charge is -2.19. The van der Waals surface area contributed by atoms with Gasteiger partial charge in [0, 0.05) is 18.1 Å². The Kier molecular flexibility index (Phi) is 7.19. The number of hydrogen-bond donors (Lipinski definition) is 1. The van der Waals surface area contributed by atoms with Crippen LogP contribution in [0.15, 0.2) is 24.3 Å². The second-order valence-electron chi connectivity index (χ2n) is 5.02. The number of rotatable bonds is 7. The molecule has 1 unspecified atom stereocenters. The lowest BCUT2D eigenvalue weighted by molar-refractivity contribution is -0.145. The van der Waals surface area contributed by atoms with Crippen molar-refractivity contribution in [3.05, 3.63) is 34.9 Å². The number of nitrogens with zero attached hydrogens (tertiary/aromatic N) is 1. The van der Waals surface area contributed by atoms with Gasteiger partial charge in [-0.2, -0.15) is 0 Å². The molecule has 116 valence electrons. The van der Waals surface area contributed by atoms with E-state index in [1.165, 1.54) is 7.11 Å². The number of nitrogens with one attached hydrogen (secondary N) is 1. The summed E-state index contributed by atoms with van der Waals surface area (Å²) in [5.74, 6) is -0.628. The molecule has 5 nitrogen and oxygen atoms in total. The Bertz CT molecular complexity index is 476. The molecular formula is C15H21ClN2O3. The molecule has 1 atom stereocenters. The monoisotopic (exact) mass is 312 g/mol. The van der Waals surface area contributed by atoms with Crippen molar-refractivity contribution >= 4 is 23.5 Å². The second-order valence-corrected chi connectivity index (χ2v) is 5.46. The quantitative estimate of drug-likeness (QED) is 0.779. The highest BCUT2D eigenvalue weighted by atomic mass is 35.5. The molecular weight excluding hydrogens is 292 g/mol. The summed E-state index contributed by atoms with van der Waals surface area (Å²) in [4.78, 5) is 24.9. The number of esters is 1. The Morgan fingerprint density at radius 1 is 1.33 bits per heavy atom. The van der Waals surface area contributed by atoms with Gasteiger partial charge in [0.2, 0.25) is 5.91 Å². The van der Waals surface area contributed by atoms with E-state index >= 15 is 0 Å². The van der Waals surface area contributed by atoms with Gasteiger partial charge in [-0.15, -0.1) is 0 Å². The summed E-state index contributed by atoms with van der Waals surface area (Å²) in [5, 5.41) is 3.49. The molecule has 0 aliphatic carbocycles. The third-order valence-corrected chi connectivity index (χ3v) is 3.26. The summed E-state index contributed by atoms with van der Waals surface area (Å²) in [5.41, 5.74) is 0.985. The molecule has 0 aliphatic rings. The van der Waals surface area contributed by atoms with Crippen LogP contribution < -0.4 is 5.32 Å². The number of ether oxygens (including phenoxy) is 1. The average Bonchev–Trinajstić information content (AvgIpc) is 2.45. The molecule has 1 amide bonds. The number of carbonyl (C=O) groups is 2. The Morgan fingerprint density at radius 2 is 1.95 bits per heavy atom. The van der Waals surface area contributed by atoms with Crippen LogP contribution in [0.1, 0.15) is 12.5 Å². The third kappa shape index (κ3) is 6.60. The maximum absolute atomic E-state index is 11.8. The largest absolute Gasteiger partial charge is 0.469 e. The summed E-state index contributed by atoms with van der Waals surface area (Å²) in [6.45, 7) is 2.93. The number of carbonyl (C=O) groups excluding carboxylic acids is 2. The Hall–Kier alpha value is -1.59. The van der Waals surface area contributed by atoms with Crippen LogP contribution in [-0.4, -0.2) is 44.0 Å². The van der Waals surface area contributed by atoms with Gasteiger partial charge in [-0.05, 0) is 24.7 Å². The maximum Gasteiger partial charge on any atom is 0.309 e. The molecule has 1 N–H and O–H groups in total. The van der Waals surface area contributed by atoms with Gasteiger partial charge >= 0.3 is 5.97 Å². The van der Waals surface area contributed by atoms with E-state index in [9.17, 15) is 9.59 Å². The van der Waals surface area contributed by atoms with Gasteiger partial charge in [0.1, 0.15) is 0 Å². The molecule has 0 aromatic heterocycles. The first-order valence-electron chi connectivity index (χ1n) is 6.70. The second kappa shape index (κ2) is 8.64. The van der Waals surface area contributed by atoms with E-state index in [1.807, 2.05) is 12.1 Å². The lowest BCUT2D eigenvalue weighted by atomic mass is 10.2. The van der Waals surface area contributed by atoms with Crippen LogP contribution >= 0.6 is 11.6 Å². The van der Waals surface area contributed by atoms with E-state index in [4.69, 9.17) is 11.6 Å². The number of halogens is 1. The molecule has 6 heteroatoms. The lowest BCUT2D eigenvalue weighted by Crippen LogP contribution is -2.38. The molecule has 21 heavy (non-hydrogen) atoms. The molecule has 1 aromatic rings. The van der Waals surface area contributed by atoms with Crippen LogP contribution in [0, 0.1) is 5.92 Å². The van der Waals surface area contributed by atoms with Crippen LogP contribution in [0.5, 0.6) is 0 Å². The van der Waals surface area contributed by atoms with Crippen molar-refractivity contribution in [2.45, 2.75) is 13.5 Å². The number of benzene rings is 1. The van der Waals surface area contributed by atoms with E-state index in [0.29, 0.717) is 18.1 Å². The fraction of sp³-hybridized carbons (Fsp3) is 0.467. The number of methoxy groups -OCH3 is 1. The molecule has 1 rings (SSSR count). The van der Waals surface area contributed by atoms with Gasteiger partial charge in [0.25, 0.3) is 0 Å². The van der Waals surface area contributed by atoms with Crippen LogP contribution in [0.2, 0.25) is 5.02 Å². The van der Waals surface area contributed by atoms with Crippen LogP contribution in [0.25, 0.3) is 0 Å². The minimum atomic E-state index is -0.275. The van der Waals surface area contributed by atoms with Crippen molar-refractivity contribution in [3.8, 4) is 0 Å². The van der Waals surface area contributed by atoms with Crippen molar-refractivity contribution in [3.63, 3.8) is 0 Å². The summed E-state index contributed by atoms with van der Waals surface area (Å²) in [6.07, 6.45) is 0. The normalized spacial score (nSPS) is 12.0. The fourth-order valence-electron chi connectivity index (χ4n) is 1.91. The van der Waals surface area contributed by atoms with E-state index in [0.717, 1.165) is 5.56 Å². The van der Waals surface area contributed by atoms with Gasteiger partial charge in [-0.25, -0.2) is 0 Å². The third-order valence-electron chi connectivity index (χ3n) is 3.01. The Labute approximate surface area is 130 Å². The van der Waals surface area contributed by atoms with E-state index in [1.54, 1.807) is 31.0 Å². The van der Waals surface area contributed by atoms with Crippen molar-refractivity contribution in [2.24, 2.45) is 5.92 Å². The first kappa shape index (κ1) is 17.5. The highest BCUT2D eigenvalue weighted by Crippen LogP contribution is 2.09. The van der Waals surface area contributed by atoms with Gasteiger partial charge in [0.05, 0.1) is 19.6 Å². The minimum absolute atomic E-state index is 0.0930. The van der Waals surface area contributed by atoms with Crippen molar-refractivity contribution in [1.82, 2.24) is 10.2 Å². The SMILES string of the molecule is COC(=O)C(C)CN(C)CC(=O)NCc1ccc(Cl)cc1. The first-order chi connectivity index (χ1) is 9.92. The van der Waals surface area contributed by atoms with Crippen molar-refractivity contribution in [2.75, 3.05) is 27.2 Å².